The van der Waals surface area contributed by atoms with Crippen LogP contribution < -0.4 is 10.6 Å². The van der Waals surface area contributed by atoms with Gasteiger partial charge in [-0.2, -0.15) is 13.2 Å². The van der Waals surface area contributed by atoms with E-state index in [-0.39, 0.29) is 5.69 Å². The first kappa shape index (κ1) is 23.2. The largest absolute Gasteiger partial charge is 0.416 e. The van der Waals surface area contributed by atoms with Crippen LogP contribution in [0.2, 0.25) is 0 Å². The first-order chi connectivity index (χ1) is 17.4. The number of pyridine rings is 3. The van der Waals surface area contributed by atoms with Crippen LogP contribution in [0.5, 0.6) is 0 Å². The zero-order chi connectivity index (χ0) is 25.1. The number of halogens is 4. The summed E-state index contributed by atoms with van der Waals surface area (Å²) in [5.41, 5.74) is 1.89. The van der Waals surface area contributed by atoms with Gasteiger partial charge in [0.15, 0.2) is 0 Å². The van der Waals surface area contributed by atoms with Gasteiger partial charge < -0.3 is 10.6 Å². The molecule has 0 fully saturated rings. The minimum absolute atomic E-state index is 0.219. The maximum Gasteiger partial charge on any atom is 0.416 e. The second-order valence-corrected chi connectivity index (χ2v) is 8.02. The van der Waals surface area contributed by atoms with Gasteiger partial charge in [-0.3, -0.25) is 4.98 Å². The summed E-state index contributed by atoms with van der Waals surface area (Å²) in [6, 6.07) is 19.0. The molecule has 0 saturated carbocycles. The predicted octanol–water partition coefficient (Wildman–Crippen LogP) is 7.67. The van der Waals surface area contributed by atoms with Crippen LogP contribution in [0.15, 0.2) is 91.4 Å². The Morgan fingerprint density at radius 1 is 0.778 bits per heavy atom. The van der Waals surface area contributed by atoms with E-state index in [1.165, 1.54) is 12.1 Å². The molecule has 9 heteroatoms. The number of alkyl halides is 4. The van der Waals surface area contributed by atoms with E-state index in [0.717, 1.165) is 23.1 Å². The van der Waals surface area contributed by atoms with Crippen molar-refractivity contribution in [1.29, 1.82) is 0 Å². The van der Waals surface area contributed by atoms with Gasteiger partial charge in [0.2, 0.25) is 0 Å². The molecule has 2 N–H and O–H groups in total. The Kier molecular flexibility index (Phi) is 6.20. The van der Waals surface area contributed by atoms with E-state index in [2.05, 4.69) is 20.6 Å². The van der Waals surface area contributed by atoms with Crippen molar-refractivity contribution in [2.75, 3.05) is 10.6 Å². The van der Waals surface area contributed by atoms with Crippen molar-refractivity contribution < 1.29 is 17.6 Å². The number of anilines is 4. The van der Waals surface area contributed by atoms with E-state index in [4.69, 9.17) is 4.98 Å². The van der Waals surface area contributed by atoms with Crippen LogP contribution in [-0.2, 0) is 12.9 Å². The first-order valence-corrected chi connectivity index (χ1v) is 11.0. The molecule has 0 bridgehead atoms. The zero-order valence-electron chi connectivity index (χ0n) is 18.7. The molecule has 5 rings (SSSR count). The molecule has 0 aliphatic heterocycles. The normalized spacial score (nSPS) is 11.4. The smallest absolute Gasteiger partial charge is 0.340 e. The molecule has 0 spiro atoms. The topological polar surface area (TPSA) is 62.7 Å². The highest BCUT2D eigenvalue weighted by atomic mass is 19.4. The highest BCUT2D eigenvalue weighted by Gasteiger charge is 2.30. The van der Waals surface area contributed by atoms with Gasteiger partial charge >= 0.3 is 6.18 Å². The second kappa shape index (κ2) is 9.61. The lowest BCUT2D eigenvalue weighted by atomic mass is 10.1. The van der Waals surface area contributed by atoms with Crippen LogP contribution in [0.25, 0.3) is 22.0 Å². The Labute approximate surface area is 203 Å². The molecule has 0 saturated heterocycles. The highest BCUT2D eigenvalue weighted by Crippen LogP contribution is 2.36. The molecule has 0 atom stereocenters. The summed E-state index contributed by atoms with van der Waals surface area (Å²) in [6.07, 6.45) is 0.431. The van der Waals surface area contributed by atoms with Gasteiger partial charge in [-0.15, -0.1) is 0 Å². The molecule has 0 aliphatic carbocycles. The van der Waals surface area contributed by atoms with Crippen LogP contribution in [0.1, 0.15) is 11.1 Å². The van der Waals surface area contributed by atoms with Crippen molar-refractivity contribution in [3.8, 4) is 11.3 Å². The minimum Gasteiger partial charge on any atom is -0.340 e. The van der Waals surface area contributed by atoms with E-state index < -0.39 is 18.4 Å². The van der Waals surface area contributed by atoms with Crippen molar-refractivity contribution in [3.63, 3.8) is 0 Å². The number of benzene rings is 2. The van der Waals surface area contributed by atoms with Crippen molar-refractivity contribution in [3.05, 3.63) is 103 Å². The second-order valence-electron chi connectivity index (χ2n) is 8.02. The number of hydrogen-bond donors (Lipinski definition) is 2. The van der Waals surface area contributed by atoms with Gasteiger partial charge in [0.1, 0.15) is 18.3 Å². The van der Waals surface area contributed by atoms with E-state index >= 15 is 0 Å². The third kappa shape index (κ3) is 4.95. The molecule has 36 heavy (non-hydrogen) atoms. The fourth-order valence-corrected chi connectivity index (χ4v) is 3.83. The van der Waals surface area contributed by atoms with Crippen LogP contribution in [0, 0.1) is 0 Å². The summed E-state index contributed by atoms with van der Waals surface area (Å²) < 4.78 is 53.1. The molecule has 5 aromatic rings. The van der Waals surface area contributed by atoms with Crippen LogP contribution in [0.3, 0.4) is 0 Å². The fraction of sp³-hybridized carbons (Fsp3) is 0.0741. The van der Waals surface area contributed by atoms with E-state index in [1.807, 2.05) is 12.1 Å². The predicted molar refractivity (Wildman–Crippen MR) is 132 cm³/mol. The Morgan fingerprint density at radius 2 is 1.56 bits per heavy atom. The zero-order valence-corrected chi connectivity index (χ0v) is 18.7. The monoisotopic (exact) mass is 489 g/mol. The fourth-order valence-electron chi connectivity index (χ4n) is 3.83. The molecule has 0 radical (unpaired) electrons. The number of fused-ring (bicyclic) bond motifs is 1. The van der Waals surface area contributed by atoms with E-state index in [9.17, 15) is 17.6 Å². The Balaban J connectivity index is 1.66. The number of nitrogens with zero attached hydrogens (tertiary/aromatic N) is 3. The van der Waals surface area contributed by atoms with Gasteiger partial charge in [-0.05, 0) is 65.5 Å². The van der Waals surface area contributed by atoms with Gasteiger partial charge in [-0.1, -0.05) is 18.2 Å². The summed E-state index contributed by atoms with van der Waals surface area (Å²) >= 11 is 0. The maximum absolute atomic E-state index is 13.3. The third-order valence-corrected chi connectivity index (χ3v) is 5.50. The molecule has 0 unspecified atom stereocenters. The van der Waals surface area contributed by atoms with Crippen LogP contribution >= 0.6 is 0 Å². The number of hydrogen-bond acceptors (Lipinski definition) is 5. The van der Waals surface area contributed by atoms with Gasteiger partial charge in [0.25, 0.3) is 0 Å². The highest BCUT2D eigenvalue weighted by molar-refractivity contribution is 6.03. The lowest BCUT2D eigenvalue weighted by Gasteiger charge is -2.16. The van der Waals surface area contributed by atoms with E-state index in [1.54, 1.807) is 55.0 Å². The van der Waals surface area contributed by atoms with Crippen molar-refractivity contribution in [2.24, 2.45) is 0 Å². The molecule has 0 aliphatic rings. The number of nitrogens with one attached hydrogen (secondary N) is 2. The van der Waals surface area contributed by atoms with Gasteiger partial charge in [0, 0.05) is 35.5 Å². The van der Waals surface area contributed by atoms with Crippen molar-refractivity contribution in [1.82, 2.24) is 15.0 Å². The summed E-state index contributed by atoms with van der Waals surface area (Å²) in [5, 5.41) is 7.55. The van der Waals surface area contributed by atoms with Crippen molar-refractivity contribution >= 4 is 33.8 Å². The lowest BCUT2D eigenvalue weighted by molar-refractivity contribution is -0.137. The molecule has 3 heterocycles. The average molecular weight is 489 g/mol. The standard InChI is InChI=1S/C27H19F4N5/c28-15-17-4-1-7-21(12-17)34-25-24-18(9-11-33-25)13-23(19-5-3-10-32-16-19)36-26(24)35-22-8-2-6-20(14-22)27(29,30)31/h1-14,16H,15H2,(H,33,34)(H,35,36). The molecule has 2 aromatic carbocycles. The number of aromatic nitrogens is 3. The minimum atomic E-state index is -4.49. The van der Waals surface area contributed by atoms with E-state index in [0.29, 0.717) is 34.0 Å². The Bertz CT molecular complexity index is 1520. The van der Waals surface area contributed by atoms with Crippen molar-refractivity contribution in [2.45, 2.75) is 12.9 Å². The molecule has 180 valence electrons. The summed E-state index contributed by atoms with van der Waals surface area (Å²) in [6.45, 7) is -0.614. The SMILES string of the molecule is FCc1cccc(Nc2nccc3cc(-c4cccnc4)nc(Nc4cccc(C(F)(F)F)c4)c23)c1. The van der Waals surface area contributed by atoms with Crippen LogP contribution in [0.4, 0.5) is 40.6 Å². The summed E-state index contributed by atoms with van der Waals surface area (Å²) in [5.74, 6) is 0.728. The number of rotatable bonds is 6. The average Bonchev–Trinajstić information content (AvgIpc) is 2.89. The summed E-state index contributed by atoms with van der Waals surface area (Å²) in [7, 11) is 0. The third-order valence-electron chi connectivity index (χ3n) is 5.50. The van der Waals surface area contributed by atoms with Crippen LogP contribution in [-0.4, -0.2) is 15.0 Å². The Morgan fingerprint density at radius 3 is 2.31 bits per heavy atom. The quantitative estimate of drug-likeness (QED) is 0.240. The molecule has 3 aromatic heterocycles. The molecule has 0 amide bonds. The molecular weight excluding hydrogens is 470 g/mol. The van der Waals surface area contributed by atoms with Gasteiger partial charge in [0.05, 0.1) is 16.6 Å². The maximum atomic E-state index is 13.3. The molecule has 5 nitrogen and oxygen atoms in total. The first-order valence-electron chi connectivity index (χ1n) is 11.0. The summed E-state index contributed by atoms with van der Waals surface area (Å²) in [4.78, 5) is 13.3. The van der Waals surface area contributed by atoms with Gasteiger partial charge in [-0.25, -0.2) is 14.4 Å². The lowest BCUT2D eigenvalue weighted by Crippen LogP contribution is -2.06. The molecular formula is C27H19F4N5. The Hall–Kier alpha value is -4.53.